The first-order valence-corrected chi connectivity index (χ1v) is 12.3. The van der Waals surface area contributed by atoms with Gasteiger partial charge in [0, 0.05) is 0 Å². The lowest BCUT2D eigenvalue weighted by Gasteiger charge is -2.34. The number of sulfonamides is 1. The van der Waals surface area contributed by atoms with Crippen LogP contribution in [0, 0.1) is 0 Å². The van der Waals surface area contributed by atoms with Crippen molar-refractivity contribution in [2.75, 3.05) is 29.9 Å². The van der Waals surface area contributed by atoms with Crippen LogP contribution in [0.15, 0.2) is 77.7 Å². The van der Waals surface area contributed by atoms with Gasteiger partial charge in [0.15, 0.2) is 6.10 Å². The van der Waals surface area contributed by atoms with E-state index in [2.05, 4.69) is 5.32 Å². The highest BCUT2D eigenvalue weighted by Gasteiger charge is 2.37. The number of hydrogen-bond acceptors (Lipinski definition) is 7. The molecule has 1 atom stereocenters. The normalized spacial score (nSPS) is 14.9. The third kappa shape index (κ3) is 4.92. The molecular formula is C25H24N2O7S. The summed E-state index contributed by atoms with van der Waals surface area (Å²) in [4.78, 5) is 25.5. The predicted octanol–water partition coefficient (Wildman–Crippen LogP) is 3.47. The van der Waals surface area contributed by atoms with E-state index >= 15 is 0 Å². The average molecular weight is 497 g/mol. The van der Waals surface area contributed by atoms with Crippen molar-refractivity contribution in [3.8, 4) is 11.5 Å². The van der Waals surface area contributed by atoms with E-state index in [9.17, 15) is 18.0 Å². The quantitative estimate of drug-likeness (QED) is 0.499. The van der Waals surface area contributed by atoms with Crippen molar-refractivity contribution in [3.05, 3.63) is 78.4 Å². The van der Waals surface area contributed by atoms with Crippen LogP contribution < -0.4 is 19.1 Å². The second-order valence-corrected chi connectivity index (χ2v) is 9.40. The lowest BCUT2D eigenvalue weighted by atomic mass is 10.1. The van der Waals surface area contributed by atoms with E-state index in [1.54, 1.807) is 61.5 Å². The molecule has 9 nitrogen and oxygen atoms in total. The maximum Gasteiger partial charge on any atom is 0.340 e. The van der Waals surface area contributed by atoms with Gasteiger partial charge >= 0.3 is 5.97 Å². The summed E-state index contributed by atoms with van der Waals surface area (Å²) in [6.07, 6.45) is -1.17. The fourth-order valence-corrected chi connectivity index (χ4v) is 5.11. The highest BCUT2D eigenvalue weighted by atomic mass is 32.2. The molecule has 182 valence electrons. The Kier molecular flexibility index (Phi) is 6.92. The molecule has 3 aromatic carbocycles. The van der Waals surface area contributed by atoms with Gasteiger partial charge in [0.25, 0.3) is 15.9 Å². The van der Waals surface area contributed by atoms with Gasteiger partial charge in [-0.3, -0.25) is 9.10 Å². The Morgan fingerprint density at radius 3 is 2.43 bits per heavy atom. The van der Waals surface area contributed by atoms with Gasteiger partial charge in [0.05, 0.1) is 42.1 Å². The first kappa shape index (κ1) is 24.1. The van der Waals surface area contributed by atoms with Crippen molar-refractivity contribution in [2.24, 2.45) is 0 Å². The molecule has 0 saturated carbocycles. The zero-order valence-electron chi connectivity index (χ0n) is 19.1. The number of benzene rings is 3. The standard InChI is InChI=1S/C25H24N2O7S/c1-3-33-25(29)19-8-4-5-9-20(19)26-24(28)23-16-27(21-10-6-7-11-22(21)34-23)35(30,31)18-14-12-17(32-2)13-15-18/h4-15,23H,3,16H2,1-2H3,(H,26,28). The topological polar surface area (TPSA) is 111 Å². The van der Waals surface area contributed by atoms with Crippen LogP contribution in [-0.2, 0) is 19.6 Å². The van der Waals surface area contributed by atoms with E-state index in [1.165, 1.54) is 25.3 Å². The van der Waals surface area contributed by atoms with Crippen LogP contribution in [0.3, 0.4) is 0 Å². The van der Waals surface area contributed by atoms with Crippen LogP contribution >= 0.6 is 0 Å². The minimum Gasteiger partial charge on any atom is -0.497 e. The van der Waals surface area contributed by atoms with Crippen molar-refractivity contribution in [1.29, 1.82) is 0 Å². The van der Waals surface area contributed by atoms with Gasteiger partial charge in [0.1, 0.15) is 11.5 Å². The van der Waals surface area contributed by atoms with Crippen LogP contribution in [0.2, 0.25) is 0 Å². The van der Waals surface area contributed by atoms with Crippen LogP contribution in [-0.4, -0.2) is 46.7 Å². The fraction of sp³-hybridized carbons (Fsp3) is 0.200. The minimum atomic E-state index is -4.02. The summed E-state index contributed by atoms with van der Waals surface area (Å²) in [5.41, 5.74) is 0.740. The van der Waals surface area contributed by atoms with Crippen molar-refractivity contribution in [1.82, 2.24) is 0 Å². The van der Waals surface area contributed by atoms with Crippen molar-refractivity contribution in [3.63, 3.8) is 0 Å². The highest BCUT2D eigenvalue weighted by molar-refractivity contribution is 7.92. The summed E-state index contributed by atoms with van der Waals surface area (Å²) >= 11 is 0. The molecule has 0 radical (unpaired) electrons. The number of carbonyl (C=O) groups excluding carboxylic acids is 2. The summed E-state index contributed by atoms with van der Waals surface area (Å²) in [5.74, 6) is -0.424. The molecule has 1 aliphatic rings. The molecule has 0 saturated heterocycles. The van der Waals surface area contributed by atoms with Gasteiger partial charge in [0.2, 0.25) is 0 Å². The largest absolute Gasteiger partial charge is 0.497 e. The third-order valence-electron chi connectivity index (χ3n) is 5.35. The summed E-state index contributed by atoms with van der Waals surface area (Å²) in [6, 6.07) is 19.0. The number of esters is 1. The molecule has 10 heteroatoms. The molecule has 3 aromatic rings. The summed E-state index contributed by atoms with van der Waals surface area (Å²) < 4.78 is 44.2. The Hall–Kier alpha value is -4.05. The summed E-state index contributed by atoms with van der Waals surface area (Å²) in [7, 11) is -2.53. The van der Waals surface area contributed by atoms with Crippen molar-refractivity contribution in [2.45, 2.75) is 17.9 Å². The number of fused-ring (bicyclic) bond motifs is 1. The number of anilines is 2. The number of nitrogens with zero attached hydrogens (tertiary/aromatic N) is 1. The van der Waals surface area contributed by atoms with Crippen LogP contribution in [0.25, 0.3) is 0 Å². The van der Waals surface area contributed by atoms with Gasteiger partial charge in [-0.05, 0) is 55.5 Å². The van der Waals surface area contributed by atoms with E-state index in [1.807, 2.05) is 0 Å². The van der Waals surface area contributed by atoms with E-state index in [4.69, 9.17) is 14.2 Å². The van der Waals surface area contributed by atoms with Crippen LogP contribution in [0.5, 0.6) is 11.5 Å². The lowest BCUT2D eigenvalue weighted by molar-refractivity contribution is -0.122. The Balaban J connectivity index is 1.64. The Morgan fingerprint density at radius 2 is 1.71 bits per heavy atom. The Bertz CT molecular complexity index is 1340. The molecule has 1 heterocycles. The van der Waals surface area contributed by atoms with E-state index in [0.717, 1.165) is 4.31 Å². The number of rotatable bonds is 7. The number of carbonyl (C=O) groups is 2. The maximum atomic E-state index is 13.5. The molecule has 0 aromatic heterocycles. The number of methoxy groups -OCH3 is 1. The molecule has 1 unspecified atom stereocenters. The summed E-state index contributed by atoms with van der Waals surface area (Å²) in [5, 5.41) is 2.67. The van der Waals surface area contributed by atoms with E-state index < -0.39 is 28.0 Å². The smallest absolute Gasteiger partial charge is 0.340 e. The zero-order chi connectivity index (χ0) is 25.0. The minimum absolute atomic E-state index is 0.0433. The molecule has 0 aliphatic carbocycles. The molecule has 1 aliphatic heterocycles. The highest BCUT2D eigenvalue weighted by Crippen LogP contribution is 2.37. The second-order valence-electron chi connectivity index (χ2n) is 7.54. The first-order chi connectivity index (χ1) is 16.8. The molecule has 1 N–H and O–H groups in total. The third-order valence-corrected chi connectivity index (χ3v) is 7.15. The van der Waals surface area contributed by atoms with Crippen molar-refractivity contribution < 1.29 is 32.2 Å². The fourth-order valence-electron chi connectivity index (χ4n) is 3.63. The van der Waals surface area contributed by atoms with Crippen molar-refractivity contribution >= 4 is 33.3 Å². The number of ether oxygens (including phenoxy) is 3. The van der Waals surface area contributed by atoms with Gasteiger partial charge in [-0.15, -0.1) is 0 Å². The number of para-hydroxylation sites is 3. The molecule has 0 fully saturated rings. The first-order valence-electron chi connectivity index (χ1n) is 10.8. The zero-order valence-corrected chi connectivity index (χ0v) is 19.9. The molecule has 0 spiro atoms. The number of nitrogens with one attached hydrogen (secondary N) is 1. The van der Waals surface area contributed by atoms with Gasteiger partial charge in [-0.25, -0.2) is 13.2 Å². The number of hydrogen-bond donors (Lipinski definition) is 1. The van der Waals surface area contributed by atoms with Gasteiger partial charge < -0.3 is 19.5 Å². The number of amides is 1. The second kappa shape index (κ2) is 10.1. The Morgan fingerprint density at radius 1 is 1.03 bits per heavy atom. The molecule has 35 heavy (non-hydrogen) atoms. The SMILES string of the molecule is CCOC(=O)c1ccccc1NC(=O)C1CN(S(=O)(=O)c2ccc(OC)cc2)c2ccccc2O1. The molecular weight excluding hydrogens is 472 g/mol. The van der Waals surface area contributed by atoms with Gasteiger partial charge in [-0.1, -0.05) is 24.3 Å². The van der Waals surface area contributed by atoms with E-state index in [0.29, 0.717) is 11.4 Å². The molecule has 4 rings (SSSR count). The monoisotopic (exact) mass is 496 g/mol. The Labute approximate surface area is 203 Å². The lowest BCUT2D eigenvalue weighted by Crippen LogP contribution is -2.48. The average Bonchev–Trinajstić information content (AvgIpc) is 2.88. The van der Waals surface area contributed by atoms with Crippen LogP contribution in [0.4, 0.5) is 11.4 Å². The predicted molar refractivity (Wildman–Crippen MR) is 129 cm³/mol. The van der Waals surface area contributed by atoms with E-state index in [-0.39, 0.29) is 35.0 Å². The van der Waals surface area contributed by atoms with Gasteiger partial charge in [-0.2, -0.15) is 0 Å². The van der Waals surface area contributed by atoms with Crippen LogP contribution in [0.1, 0.15) is 17.3 Å². The maximum absolute atomic E-state index is 13.5. The molecule has 1 amide bonds. The summed E-state index contributed by atoms with van der Waals surface area (Å²) in [6.45, 7) is 1.60. The molecule has 0 bridgehead atoms.